The molecule has 0 saturated carbocycles. The maximum Gasteiger partial charge on any atom is 0.356 e. The van der Waals surface area contributed by atoms with Crippen LogP contribution in [0.1, 0.15) is 49.2 Å². The van der Waals surface area contributed by atoms with Crippen molar-refractivity contribution in [3.63, 3.8) is 0 Å². The maximum absolute atomic E-state index is 11.2. The van der Waals surface area contributed by atoms with Crippen molar-refractivity contribution in [1.29, 1.82) is 0 Å². The molecular weight excluding hydrogens is 220 g/mol. The summed E-state index contributed by atoms with van der Waals surface area (Å²) >= 11 is 0. The van der Waals surface area contributed by atoms with Gasteiger partial charge in [0.1, 0.15) is 5.82 Å². The Bertz CT molecular complexity index is 457. The zero-order valence-corrected chi connectivity index (χ0v) is 10.4. The summed E-state index contributed by atoms with van der Waals surface area (Å²) in [7, 11) is 0. The number of aliphatic hydroxyl groups excluding tert-OH is 1. The molecule has 2 N–H and O–H groups in total. The van der Waals surface area contributed by atoms with Gasteiger partial charge in [-0.15, -0.1) is 0 Å². The molecule has 5 nitrogen and oxygen atoms in total. The van der Waals surface area contributed by atoms with E-state index in [2.05, 4.69) is 4.98 Å². The topological polar surface area (TPSA) is 75.3 Å². The second-order valence-electron chi connectivity index (χ2n) is 5.58. The highest BCUT2D eigenvalue weighted by Gasteiger charge is 2.31. The molecule has 0 radical (unpaired) electrons. The number of carboxylic acid groups (broad SMARTS) is 1. The van der Waals surface area contributed by atoms with Crippen LogP contribution in [0.3, 0.4) is 0 Å². The Morgan fingerprint density at radius 3 is 2.65 bits per heavy atom. The molecule has 2 rings (SSSR count). The average molecular weight is 238 g/mol. The molecule has 2 heterocycles. The van der Waals surface area contributed by atoms with Gasteiger partial charge in [0, 0.05) is 18.4 Å². The minimum absolute atomic E-state index is 0.0914. The van der Waals surface area contributed by atoms with E-state index < -0.39 is 12.1 Å². The van der Waals surface area contributed by atoms with Crippen molar-refractivity contribution in [3.05, 3.63) is 17.2 Å². The molecule has 1 aromatic heterocycles. The molecule has 94 valence electrons. The smallest absolute Gasteiger partial charge is 0.356 e. The van der Waals surface area contributed by atoms with Crippen LogP contribution in [-0.4, -0.2) is 31.8 Å². The molecule has 0 aliphatic carbocycles. The van der Waals surface area contributed by atoms with E-state index in [0.717, 1.165) is 5.82 Å². The fraction of sp³-hybridized carbons (Fsp3) is 0.667. The van der Waals surface area contributed by atoms with E-state index in [1.165, 1.54) is 0 Å². The lowest BCUT2D eigenvalue weighted by Crippen LogP contribution is -2.28. The molecule has 0 spiro atoms. The zero-order valence-electron chi connectivity index (χ0n) is 10.4. The normalized spacial score (nSPS) is 20.1. The summed E-state index contributed by atoms with van der Waals surface area (Å²) in [6.45, 7) is 6.68. The Morgan fingerprint density at radius 2 is 2.12 bits per heavy atom. The van der Waals surface area contributed by atoms with E-state index >= 15 is 0 Å². The van der Waals surface area contributed by atoms with Gasteiger partial charge in [-0.3, -0.25) is 0 Å². The summed E-state index contributed by atoms with van der Waals surface area (Å²) in [5.74, 6) is -0.227. The number of hydrogen-bond donors (Lipinski definition) is 2. The summed E-state index contributed by atoms with van der Waals surface area (Å²) in [6, 6.07) is 0. The van der Waals surface area contributed by atoms with Gasteiger partial charge in [-0.2, -0.15) is 0 Å². The fourth-order valence-electron chi connectivity index (χ4n) is 2.28. The standard InChI is InChI=1S/C12H18N2O3/c1-12(2,3)11-13-9(10(16)17)8-6-7(15)4-5-14(8)11/h7,15H,4-6H2,1-3H3,(H,16,17). The number of carbonyl (C=O) groups is 1. The average Bonchev–Trinajstić information content (AvgIpc) is 2.55. The highest BCUT2D eigenvalue weighted by Crippen LogP contribution is 2.28. The molecule has 0 fully saturated rings. The van der Waals surface area contributed by atoms with Crippen LogP contribution >= 0.6 is 0 Å². The van der Waals surface area contributed by atoms with E-state index in [4.69, 9.17) is 5.11 Å². The van der Waals surface area contributed by atoms with Crippen molar-refractivity contribution in [2.75, 3.05) is 0 Å². The number of aromatic carboxylic acids is 1. The summed E-state index contributed by atoms with van der Waals surface area (Å²) in [4.78, 5) is 15.4. The Kier molecular flexibility index (Phi) is 2.73. The molecule has 5 heteroatoms. The second-order valence-corrected chi connectivity index (χ2v) is 5.58. The molecule has 1 atom stereocenters. The monoisotopic (exact) mass is 238 g/mol. The van der Waals surface area contributed by atoms with Crippen molar-refractivity contribution in [2.24, 2.45) is 0 Å². The van der Waals surface area contributed by atoms with Crippen LogP contribution in [0.4, 0.5) is 0 Å². The number of imidazole rings is 1. The van der Waals surface area contributed by atoms with Gasteiger partial charge in [-0.05, 0) is 6.42 Å². The Labute approximate surface area is 100 Å². The number of carboxylic acids is 1. The highest BCUT2D eigenvalue weighted by atomic mass is 16.4. The van der Waals surface area contributed by atoms with E-state index in [0.29, 0.717) is 25.1 Å². The zero-order chi connectivity index (χ0) is 12.8. The van der Waals surface area contributed by atoms with Gasteiger partial charge in [0.05, 0.1) is 11.8 Å². The van der Waals surface area contributed by atoms with Crippen LogP contribution in [0, 0.1) is 0 Å². The minimum Gasteiger partial charge on any atom is -0.476 e. The van der Waals surface area contributed by atoms with Gasteiger partial charge in [0.25, 0.3) is 0 Å². The van der Waals surface area contributed by atoms with E-state index in [9.17, 15) is 9.90 Å². The lowest BCUT2D eigenvalue weighted by atomic mass is 9.95. The number of nitrogens with zero attached hydrogens (tertiary/aromatic N) is 2. The van der Waals surface area contributed by atoms with Gasteiger partial charge < -0.3 is 14.8 Å². The van der Waals surface area contributed by atoms with Gasteiger partial charge in [0.15, 0.2) is 5.69 Å². The first-order valence-corrected chi connectivity index (χ1v) is 5.82. The van der Waals surface area contributed by atoms with Crippen LogP contribution in [0.25, 0.3) is 0 Å². The van der Waals surface area contributed by atoms with Crippen LogP contribution in [0.2, 0.25) is 0 Å². The molecule has 1 aliphatic heterocycles. The number of aromatic nitrogens is 2. The molecule has 17 heavy (non-hydrogen) atoms. The Balaban J connectivity index is 2.58. The predicted octanol–water partition coefficient (Wildman–Crippen LogP) is 1.19. The number of hydrogen-bond acceptors (Lipinski definition) is 3. The van der Waals surface area contributed by atoms with Gasteiger partial charge in [0.2, 0.25) is 0 Å². The highest BCUT2D eigenvalue weighted by molar-refractivity contribution is 5.87. The quantitative estimate of drug-likeness (QED) is 0.770. The molecule has 0 amide bonds. The fourth-order valence-corrected chi connectivity index (χ4v) is 2.28. The molecule has 0 saturated heterocycles. The third-order valence-electron chi connectivity index (χ3n) is 3.06. The van der Waals surface area contributed by atoms with Gasteiger partial charge >= 0.3 is 5.97 Å². The second kappa shape index (κ2) is 3.84. The lowest BCUT2D eigenvalue weighted by Gasteiger charge is -2.25. The summed E-state index contributed by atoms with van der Waals surface area (Å²) in [6.07, 6.45) is 0.584. The molecular formula is C12H18N2O3. The van der Waals surface area contributed by atoms with Crippen LogP contribution in [-0.2, 0) is 18.4 Å². The van der Waals surface area contributed by atoms with Crippen molar-refractivity contribution < 1.29 is 15.0 Å². The number of aliphatic hydroxyl groups is 1. The Morgan fingerprint density at radius 1 is 1.47 bits per heavy atom. The van der Waals surface area contributed by atoms with Crippen molar-refractivity contribution in [2.45, 2.75) is 51.7 Å². The maximum atomic E-state index is 11.2. The number of rotatable bonds is 1. The van der Waals surface area contributed by atoms with Crippen molar-refractivity contribution in [1.82, 2.24) is 9.55 Å². The largest absolute Gasteiger partial charge is 0.476 e. The summed E-state index contributed by atoms with van der Waals surface area (Å²) in [5, 5.41) is 18.8. The molecule has 1 aromatic rings. The third-order valence-corrected chi connectivity index (χ3v) is 3.06. The van der Waals surface area contributed by atoms with Crippen LogP contribution in [0.15, 0.2) is 0 Å². The summed E-state index contributed by atoms with van der Waals surface area (Å²) in [5.41, 5.74) is 0.555. The van der Waals surface area contributed by atoms with E-state index in [1.54, 1.807) is 0 Å². The Hall–Kier alpha value is -1.36. The molecule has 1 unspecified atom stereocenters. The number of fused-ring (bicyclic) bond motifs is 1. The van der Waals surface area contributed by atoms with Crippen LogP contribution in [0.5, 0.6) is 0 Å². The lowest BCUT2D eigenvalue weighted by molar-refractivity contribution is 0.0687. The predicted molar refractivity (Wildman–Crippen MR) is 62.2 cm³/mol. The van der Waals surface area contributed by atoms with Gasteiger partial charge in [-0.25, -0.2) is 9.78 Å². The van der Waals surface area contributed by atoms with Crippen molar-refractivity contribution >= 4 is 5.97 Å². The van der Waals surface area contributed by atoms with E-state index in [1.807, 2.05) is 25.3 Å². The molecule has 0 bridgehead atoms. The minimum atomic E-state index is -1.02. The van der Waals surface area contributed by atoms with Crippen LogP contribution < -0.4 is 0 Å². The first kappa shape index (κ1) is 12.1. The first-order chi connectivity index (χ1) is 7.80. The first-order valence-electron chi connectivity index (χ1n) is 5.82. The van der Waals surface area contributed by atoms with E-state index in [-0.39, 0.29) is 11.1 Å². The van der Waals surface area contributed by atoms with Crippen molar-refractivity contribution in [3.8, 4) is 0 Å². The molecule has 0 aromatic carbocycles. The summed E-state index contributed by atoms with van der Waals surface area (Å²) < 4.78 is 1.95. The molecule has 1 aliphatic rings. The SMILES string of the molecule is CC(C)(C)c1nc(C(=O)O)c2n1CCC(O)C2. The third kappa shape index (κ3) is 2.07. The van der Waals surface area contributed by atoms with Gasteiger partial charge in [-0.1, -0.05) is 20.8 Å².